The van der Waals surface area contributed by atoms with E-state index in [4.69, 9.17) is 14.2 Å². The number of rotatable bonds is 10. The van der Waals surface area contributed by atoms with E-state index in [-0.39, 0.29) is 12.1 Å². The van der Waals surface area contributed by atoms with E-state index in [1.807, 2.05) is 19.2 Å². The molecule has 1 aromatic rings. The SMILES string of the molecule is C=CCNC(=O)NC(=O)COC(=O)c1ccc(OCCC)c(OCC)c1. The highest BCUT2D eigenvalue weighted by molar-refractivity contribution is 5.97. The number of esters is 1. The van der Waals surface area contributed by atoms with Crippen molar-refractivity contribution >= 4 is 17.9 Å². The van der Waals surface area contributed by atoms with Crippen LogP contribution in [0.3, 0.4) is 0 Å². The molecule has 1 rings (SSSR count). The monoisotopic (exact) mass is 364 g/mol. The van der Waals surface area contributed by atoms with Crippen molar-refractivity contribution in [3.8, 4) is 11.5 Å². The highest BCUT2D eigenvalue weighted by Crippen LogP contribution is 2.29. The molecule has 26 heavy (non-hydrogen) atoms. The molecule has 142 valence electrons. The maximum absolute atomic E-state index is 12.1. The van der Waals surface area contributed by atoms with E-state index in [1.165, 1.54) is 18.2 Å². The zero-order chi connectivity index (χ0) is 19.4. The van der Waals surface area contributed by atoms with Gasteiger partial charge < -0.3 is 19.5 Å². The number of hydrogen-bond donors (Lipinski definition) is 2. The van der Waals surface area contributed by atoms with Gasteiger partial charge in [-0.3, -0.25) is 10.1 Å². The predicted octanol–water partition coefficient (Wildman–Crippen LogP) is 2.04. The summed E-state index contributed by atoms with van der Waals surface area (Å²) in [5, 5.41) is 4.39. The average Bonchev–Trinajstić information content (AvgIpc) is 2.63. The van der Waals surface area contributed by atoms with Gasteiger partial charge in [0.15, 0.2) is 18.1 Å². The molecular formula is C18H24N2O6. The third-order valence-electron chi connectivity index (χ3n) is 2.94. The zero-order valence-corrected chi connectivity index (χ0v) is 15.0. The molecule has 8 nitrogen and oxygen atoms in total. The maximum atomic E-state index is 12.1. The van der Waals surface area contributed by atoms with Crippen molar-refractivity contribution in [2.75, 3.05) is 26.4 Å². The Morgan fingerprint density at radius 1 is 1.15 bits per heavy atom. The third-order valence-corrected chi connectivity index (χ3v) is 2.94. The second kappa shape index (κ2) is 11.5. The zero-order valence-electron chi connectivity index (χ0n) is 15.0. The van der Waals surface area contributed by atoms with Crippen LogP contribution in [0, 0.1) is 0 Å². The molecule has 0 bridgehead atoms. The van der Waals surface area contributed by atoms with Gasteiger partial charge in [-0.15, -0.1) is 6.58 Å². The highest BCUT2D eigenvalue weighted by atomic mass is 16.5. The van der Waals surface area contributed by atoms with Gasteiger partial charge in [0.05, 0.1) is 18.8 Å². The first-order chi connectivity index (χ1) is 12.5. The average molecular weight is 364 g/mol. The molecule has 0 radical (unpaired) electrons. The Labute approximate surface area is 152 Å². The van der Waals surface area contributed by atoms with Crippen LogP contribution >= 0.6 is 0 Å². The molecule has 3 amide bonds. The Morgan fingerprint density at radius 3 is 2.58 bits per heavy atom. The van der Waals surface area contributed by atoms with Crippen LogP contribution in [-0.4, -0.2) is 44.3 Å². The van der Waals surface area contributed by atoms with Gasteiger partial charge in [-0.2, -0.15) is 0 Å². The molecule has 2 N–H and O–H groups in total. The third kappa shape index (κ3) is 7.25. The number of ether oxygens (including phenoxy) is 3. The summed E-state index contributed by atoms with van der Waals surface area (Å²) in [6.07, 6.45) is 2.30. The molecule has 0 aromatic heterocycles. The number of hydrogen-bond acceptors (Lipinski definition) is 6. The fourth-order valence-corrected chi connectivity index (χ4v) is 1.82. The molecule has 0 saturated heterocycles. The van der Waals surface area contributed by atoms with Gasteiger partial charge in [-0.25, -0.2) is 9.59 Å². The number of imide groups is 1. The molecule has 1 aromatic carbocycles. The molecule has 0 fully saturated rings. The summed E-state index contributed by atoms with van der Waals surface area (Å²) < 4.78 is 15.9. The summed E-state index contributed by atoms with van der Waals surface area (Å²) in [6.45, 7) is 7.79. The summed E-state index contributed by atoms with van der Waals surface area (Å²) in [4.78, 5) is 35.0. The van der Waals surface area contributed by atoms with E-state index in [1.54, 1.807) is 6.07 Å². The Hall–Kier alpha value is -3.03. The molecule has 0 aliphatic carbocycles. The van der Waals surface area contributed by atoms with Gasteiger partial charge in [0.2, 0.25) is 0 Å². The smallest absolute Gasteiger partial charge is 0.338 e. The summed E-state index contributed by atoms with van der Waals surface area (Å²) in [5.41, 5.74) is 0.209. The Kier molecular flexibility index (Phi) is 9.30. The van der Waals surface area contributed by atoms with E-state index in [0.29, 0.717) is 24.7 Å². The number of carbonyl (C=O) groups excluding carboxylic acids is 3. The molecule has 0 heterocycles. The van der Waals surface area contributed by atoms with Crippen molar-refractivity contribution in [2.24, 2.45) is 0 Å². The van der Waals surface area contributed by atoms with Gasteiger partial charge in [-0.05, 0) is 31.5 Å². The van der Waals surface area contributed by atoms with Gasteiger partial charge in [0.25, 0.3) is 5.91 Å². The Bertz CT molecular complexity index is 645. The van der Waals surface area contributed by atoms with Gasteiger partial charge in [0, 0.05) is 6.54 Å². The normalized spacial score (nSPS) is 9.77. The van der Waals surface area contributed by atoms with Crippen molar-refractivity contribution in [2.45, 2.75) is 20.3 Å². The minimum Gasteiger partial charge on any atom is -0.490 e. The molecule has 0 aliphatic rings. The number of nitrogens with one attached hydrogen (secondary N) is 2. The molecule has 0 spiro atoms. The van der Waals surface area contributed by atoms with Crippen LogP contribution in [0.2, 0.25) is 0 Å². The first kappa shape index (κ1) is 21.0. The van der Waals surface area contributed by atoms with Gasteiger partial charge >= 0.3 is 12.0 Å². The predicted molar refractivity (Wildman–Crippen MR) is 95.4 cm³/mol. The van der Waals surface area contributed by atoms with Crippen LogP contribution in [0.4, 0.5) is 4.79 Å². The van der Waals surface area contributed by atoms with Crippen molar-refractivity contribution in [3.63, 3.8) is 0 Å². The van der Waals surface area contributed by atoms with Crippen LogP contribution in [-0.2, 0) is 9.53 Å². The van der Waals surface area contributed by atoms with Crippen LogP contribution in [0.25, 0.3) is 0 Å². The molecule has 0 saturated carbocycles. The maximum Gasteiger partial charge on any atom is 0.338 e. The molecular weight excluding hydrogens is 340 g/mol. The topological polar surface area (TPSA) is 103 Å². The fourth-order valence-electron chi connectivity index (χ4n) is 1.82. The summed E-state index contributed by atoms with van der Waals surface area (Å²) in [6, 6.07) is 3.93. The second-order valence-corrected chi connectivity index (χ2v) is 5.07. The number of benzene rings is 1. The van der Waals surface area contributed by atoms with E-state index in [9.17, 15) is 14.4 Å². The summed E-state index contributed by atoms with van der Waals surface area (Å²) in [7, 11) is 0. The van der Waals surface area contributed by atoms with E-state index in [0.717, 1.165) is 6.42 Å². The Morgan fingerprint density at radius 2 is 1.92 bits per heavy atom. The second-order valence-electron chi connectivity index (χ2n) is 5.07. The van der Waals surface area contributed by atoms with Crippen molar-refractivity contribution < 1.29 is 28.6 Å². The molecule has 0 unspecified atom stereocenters. The molecule has 0 atom stereocenters. The first-order valence-corrected chi connectivity index (χ1v) is 8.27. The minimum absolute atomic E-state index is 0.209. The Balaban J connectivity index is 2.63. The minimum atomic E-state index is -0.743. The number of urea groups is 1. The quantitative estimate of drug-likeness (QED) is 0.486. The van der Waals surface area contributed by atoms with Crippen LogP contribution in [0.5, 0.6) is 11.5 Å². The summed E-state index contributed by atoms with van der Waals surface area (Å²) in [5.74, 6) is -0.506. The lowest BCUT2D eigenvalue weighted by Gasteiger charge is -2.12. The van der Waals surface area contributed by atoms with E-state index < -0.39 is 24.5 Å². The first-order valence-electron chi connectivity index (χ1n) is 8.27. The van der Waals surface area contributed by atoms with Crippen LogP contribution in [0.1, 0.15) is 30.6 Å². The van der Waals surface area contributed by atoms with Crippen molar-refractivity contribution in [1.82, 2.24) is 10.6 Å². The highest BCUT2D eigenvalue weighted by Gasteiger charge is 2.15. The van der Waals surface area contributed by atoms with Crippen LogP contribution in [0.15, 0.2) is 30.9 Å². The van der Waals surface area contributed by atoms with Crippen molar-refractivity contribution in [1.29, 1.82) is 0 Å². The van der Waals surface area contributed by atoms with Gasteiger partial charge in [-0.1, -0.05) is 13.0 Å². The standard InChI is InChI=1S/C18H24N2O6/c1-4-9-19-18(23)20-16(21)12-26-17(22)13-7-8-14(25-10-5-2)15(11-13)24-6-3/h4,7-8,11H,1,5-6,9-10,12H2,2-3H3,(H2,19,20,21,23). The van der Waals surface area contributed by atoms with Gasteiger partial charge in [0.1, 0.15) is 0 Å². The van der Waals surface area contributed by atoms with E-state index in [2.05, 4.69) is 11.9 Å². The lowest BCUT2D eigenvalue weighted by Crippen LogP contribution is -2.41. The largest absolute Gasteiger partial charge is 0.490 e. The summed E-state index contributed by atoms with van der Waals surface area (Å²) >= 11 is 0. The van der Waals surface area contributed by atoms with Crippen LogP contribution < -0.4 is 20.1 Å². The lowest BCUT2D eigenvalue weighted by atomic mass is 10.2. The molecule has 8 heteroatoms. The molecule has 0 aliphatic heterocycles. The number of amides is 3. The number of carbonyl (C=O) groups is 3. The fraction of sp³-hybridized carbons (Fsp3) is 0.389. The lowest BCUT2D eigenvalue weighted by molar-refractivity contribution is -0.123. The van der Waals surface area contributed by atoms with E-state index >= 15 is 0 Å². The van der Waals surface area contributed by atoms with Crippen molar-refractivity contribution in [3.05, 3.63) is 36.4 Å².